The fraction of sp³-hybridized carbons (Fsp3) is 0.0667. The Kier molecular flexibility index (Phi) is 6.69. The van der Waals surface area contributed by atoms with E-state index >= 15 is 0 Å². The summed E-state index contributed by atoms with van der Waals surface area (Å²) in [5, 5.41) is 19.2. The largest absolute Gasteiger partial charge is 0.456 e. The Morgan fingerprint density at radius 3 is 1.94 bits per heavy atom. The molecule has 3 atom stereocenters. The highest BCUT2D eigenvalue weighted by atomic mass is 32.1. The fourth-order valence-electron chi connectivity index (χ4n) is 8.01. The Balaban J connectivity index is 1.03. The van der Waals surface area contributed by atoms with E-state index in [0.717, 1.165) is 27.5 Å². The monoisotopic (exact) mass is 693 g/mol. The van der Waals surface area contributed by atoms with Crippen LogP contribution in [0.15, 0.2) is 156 Å². The molecule has 1 aliphatic rings. The molecule has 0 spiro atoms. The lowest BCUT2D eigenvalue weighted by Crippen LogP contribution is -2.54. The van der Waals surface area contributed by atoms with E-state index in [-0.39, 0.29) is 18.5 Å². The van der Waals surface area contributed by atoms with Crippen molar-refractivity contribution in [3.63, 3.8) is 0 Å². The van der Waals surface area contributed by atoms with Crippen LogP contribution in [0.4, 0.5) is 0 Å². The molecule has 51 heavy (non-hydrogen) atoms. The van der Waals surface area contributed by atoms with E-state index in [9.17, 15) is 0 Å². The maximum atomic E-state index is 6.43. The maximum absolute atomic E-state index is 6.43. The van der Waals surface area contributed by atoms with Crippen LogP contribution in [0.25, 0.3) is 73.4 Å². The molecule has 0 amide bonds. The molecule has 3 N–H and O–H groups in total. The zero-order chi connectivity index (χ0) is 33.5. The van der Waals surface area contributed by atoms with E-state index in [2.05, 4.69) is 168 Å². The Hall–Kier alpha value is -5.34. The van der Waals surface area contributed by atoms with Gasteiger partial charge in [-0.25, -0.2) is 0 Å². The Bertz CT molecular complexity index is 2940. The zero-order valence-electron chi connectivity index (χ0n) is 27.4. The minimum atomic E-state index is -0.119. The third-order valence-corrected chi connectivity index (χ3v) is 12.8. The lowest BCUT2D eigenvalue weighted by Gasteiger charge is -2.40. The molecule has 10 aromatic rings. The molecule has 1 aliphatic heterocycles. The number of benzene rings is 7. The molecule has 244 valence electrons. The molecule has 1 fully saturated rings. The van der Waals surface area contributed by atoms with Crippen molar-refractivity contribution in [3.05, 3.63) is 168 Å². The summed E-state index contributed by atoms with van der Waals surface area (Å²) in [7, 11) is 0. The molecule has 4 nitrogen and oxygen atoms in total. The SMILES string of the molecule is c1ccc(C2NC(c3ccc4oc5ccc(-c6cccc7c6sc6ccccc67)cc5c4c3)NC(c3cccc4sc5ccccc5c34)N2)cc1. The van der Waals surface area contributed by atoms with Crippen molar-refractivity contribution in [2.45, 2.75) is 18.5 Å². The predicted molar refractivity (Wildman–Crippen MR) is 215 cm³/mol. The first-order chi connectivity index (χ1) is 25.2. The third kappa shape index (κ3) is 4.76. The van der Waals surface area contributed by atoms with E-state index in [4.69, 9.17) is 4.42 Å². The van der Waals surface area contributed by atoms with Gasteiger partial charge >= 0.3 is 0 Å². The van der Waals surface area contributed by atoms with Crippen molar-refractivity contribution < 1.29 is 4.42 Å². The molecule has 6 heteroatoms. The average molecular weight is 694 g/mol. The van der Waals surface area contributed by atoms with Crippen molar-refractivity contribution in [3.8, 4) is 11.1 Å². The molecule has 1 saturated heterocycles. The van der Waals surface area contributed by atoms with E-state index in [1.165, 1.54) is 62.6 Å². The van der Waals surface area contributed by atoms with Gasteiger partial charge in [0, 0.05) is 51.1 Å². The Morgan fingerprint density at radius 2 is 1.08 bits per heavy atom. The topological polar surface area (TPSA) is 49.2 Å². The van der Waals surface area contributed by atoms with Crippen LogP contribution in [0.2, 0.25) is 0 Å². The van der Waals surface area contributed by atoms with E-state index < -0.39 is 0 Å². The van der Waals surface area contributed by atoms with Gasteiger partial charge in [0.25, 0.3) is 0 Å². The minimum Gasteiger partial charge on any atom is -0.456 e. The number of fused-ring (bicyclic) bond motifs is 9. The van der Waals surface area contributed by atoms with E-state index in [0.29, 0.717) is 0 Å². The summed E-state index contributed by atoms with van der Waals surface area (Å²) in [6.07, 6.45) is -0.271. The van der Waals surface area contributed by atoms with Crippen LogP contribution < -0.4 is 16.0 Å². The molecule has 11 rings (SSSR count). The number of hydrogen-bond donors (Lipinski definition) is 3. The van der Waals surface area contributed by atoms with Crippen molar-refractivity contribution in [1.82, 2.24) is 16.0 Å². The first-order valence-corrected chi connectivity index (χ1v) is 19.0. The van der Waals surface area contributed by atoms with Crippen LogP contribution >= 0.6 is 22.7 Å². The summed E-state index contributed by atoms with van der Waals surface area (Å²) in [5.41, 5.74) is 7.87. The molecule has 0 radical (unpaired) electrons. The Morgan fingerprint density at radius 1 is 0.431 bits per heavy atom. The fourth-order valence-corrected chi connectivity index (χ4v) is 10.4. The van der Waals surface area contributed by atoms with Crippen LogP contribution in [0.3, 0.4) is 0 Å². The van der Waals surface area contributed by atoms with Gasteiger partial charge in [0.2, 0.25) is 0 Å². The highest BCUT2D eigenvalue weighted by Gasteiger charge is 2.31. The summed E-state index contributed by atoms with van der Waals surface area (Å²) in [6.45, 7) is 0. The number of furan rings is 1. The minimum absolute atomic E-state index is 0.0622. The summed E-state index contributed by atoms with van der Waals surface area (Å²) in [5.74, 6) is 0. The second-order valence-corrected chi connectivity index (χ2v) is 15.5. The van der Waals surface area contributed by atoms with E-state index in [1.54, 1.807) is 0 Å². The second kappa shape index (κ2) is 11.6. The normalized spacial score (nSPS) is 18.2. The second-order valence-electron chi connectivity index (χ2n) is 13.4. The van der Waals surface area contributed by atoms with Crippen LogP contribution in [0.1, 0.15) is 35.2 Å². The molecule has 0 aliphatic carbocycles. The van der Waals surface area contributed by atoms with Crippen LogP contribution in [0, 0.1) is 0 Å². The quantitative estimate of drug-likeness (QED) is 0.172. The summed E-state index contributed by atoms with van der Waals surface area (Å²) < 4.78 is 11.7. The van der Waals surface area contributed by atoms with Crippen molar-refractivity contribution in [1.29, 1.82) is 0 Å². The van der Waals surface area contributed by atoms with Gasteiger partial charge in [-0.3, -0.25) is 16.0 Å². The lowest BCUT2D eigenvalue weighted by molar-refractivity contribution is 0.204. The van der Waals surface area contributed by atoms with Gasteiger partial charge in [0.1, 0.15) is 11.2 Å². The number of thiophene rings is 2. The first-order valence-electron chi connectivity index (χ1n) is 17.4. The molecule has 0 saturated carbocycles. The summed E-state index contributed by atoms with van der Waals surface area (Å²) >= 11 is 3.73. The first kappa shape index (κ1) is 29.4. The van der Waals surface area contributed by atoms with Gasteiger partial charge in [0.05, 0.1) is 18.5 Å². The molecule has 7 aromatic carbocycles. The van der Waals surface area contributed by atoms with Crippen LogP contribution in [0.5, 0.6) is 0 Å². The van der Waals surface area contributed by atoms with Crippen molar-refractivity contribution in [2.24, 2.45) is 0 Å². The van der Waals surface area contributed by atoms with Crippen LogP contribution in [-0.2, 0) is 0 Å². The number of hydrogen-bond acceptors (Lipinski definition) is 6. The van der Waals surface area contributed by atoms with Gasteiger partial charge < -0.3 is 4.42 Å². The van der Waals surface area contributed by atoms with Gasteiger partial charge in [0.15, 0.2) is 0 Å². The molecular weight excluding hydrogens is 663 g/mol. The van der Waals surface area contributed by atoms with Gasteiger partial charge in [-0.2, -0.15) is 0 Å². The average Bonchev–Trinajstić information content (AvgIpc) is 3.89. The summed E-state index contributed by atoms with van der Waals surface area (Å²) in [6, 6.07) is 54.7. The van der Waals surface area contributed by atoms with Crippen molar-refractivity contribution in [2.75, 3.05) is 0 Å². The molecule has 0 bridgehead atoms. The smallest absolute Gasteiger partial charge is 0.135 e. The van der Waals surface area contributed by atoms with Gasteiger partial charge in [-0.05, 0) is 70.3 Å². The highest BCUT2D eigenvalue weighted by molar-refractivity contribution is 7.26. The maximum Gasteiger partial charge on any atom is 0.135 e. The number of nitrogens with one attached hydrogen (secondary N) is 3. The summed E-state index contributed by atoms with van der Waals surface area (Å²) in [4.78, 5) is 0. The van der Waals surface area contributed by atoms with Crippen LogP contribution in [-0.4, -0.2) is 0 Å². The molecular formula is C45H31N3OS2. The standard InChI is InChI=1S/C45H31N3OS2/c1-2-10-26(11-3-1)43-46-44(48-45(47-43)33-16-9-19-40-41(33)32-13-5-7-18-39(32)50-40)28-21-23-37-35(25-28)34-24-27(20-22-36(34)49-37)29-14-8-15-31-30-12-4-6-17-38(30)51-42(29)31/h1-25,43-48H. The highest BCUT2D eigenvalue weighted by Crippen LogP contribution is 2.43. The van der Waals surface area contributed by atoms with Gasteiger partial charge in [-0.15, -0.1) is 22.7 Å². The number of rotatable bonds is 4. The third-order valence-electron chi connectivity index (χ3n) is 10.4. The zero-order valence-corrected chi connectivity index (χ0v) is 29.0. The molecule has 3 unspecified atom stereocenters. The van der Waals surface area contributed by atoms with E-state index in [1.807, 2.05) is 22.7 Å². The van der Waals surface area contributed by atoms with Gasteiger partial charge in [-0.1, -0.05) is 109 Å². The molecule has 4 heterocycles. The lowest BCUT2D eigenvalue weighted by atomic mass is 9.99. The predicted octanol–water partition coefficient (Wildman–Crippen LogP) is 12.2. The van der Waals surface area contributed by atoms with Crippen molar-refractivity contribution >= 4 is 85.0 Å². The molecule has 3 aromatic heterocycles. The Labute approximate surface area is 302 Å².